The number of nitrogens with one attached hydrogen (secondary N) is 1. The van der Waals surface area contributed by atoms with Crippen LogP contribution in [0, 0.1) is 0 Å². The Labute approximate surface area is 265 Å². The van der Waals surface area contributed by atoms with Gasteiger partial charge in [-0.15, -0.1) is 0 Å². The Morgan fingerprint density at radius 3 is 2.27 bits per heavy atom. The van der Waals surface area contributed by atoms with Crippen molar-refractivity contribution in [1.82, 2.24) is 19.4 Å². The first kappa shape index (κ1) is 31.0. The van der Waals surface area contributed by atoms with Gasteiger partial charge in [-0.1, -0.05) is 60.7 Å². The molecule has 1 atom stereocenters. The van der Waals surface area contributed by atoms with Crippen LogP contribution in [0.5, 0.6) is 0 Å². The van der Waals surface area contributed by atoms with Crippen molar-refractivity contribution in [2.24, 2.45) is 0 Å². The number of ether oxygens (including phenoxy) is 2. The minimum atomic E-state index is -0.435. The molecule has 3 aromatic rings. The Hall–Kier alpha value is -3.99. The normalized spacial score (nSPS) is 19.2. The van der Waals surface area contributed by atoms with E-state index in [4.69, 9.17) is 14.5 Å². The van der Waals surface area contributed by atoms with E-state index >= 15 is 0 Å². The monoisotopic (exact) mass is 612 g/mol. The molecule has 1 aromatic heterocycles. The van der Waals surface area contributed by atoms with Crippen LogP contribution in [0.1, 0.15) is 36.5 Å². The molecule has 0 saturated carbocycles. The minimum absolute atomic E-state index is 0.277. The predicted octanol–water partition coefficient (Wildman–Crippen LogP) is 3.33. The van der Waals surface area contributed by atoms with E-state index in [0.717, 1.165) is 63.4 Å². The van der Waals surface area contributed by atoms with Crippen LogP contribution in [0.15, 0.2) is 76.7 Å². The average Bonchev–Trinajstić information content (AvgIpc) is 3.08. The number of morpholine rings is 1. The van der Waals surface area contributed by atoms with Crippen LogP contribution < -0.4 is 15.9 Å². The molecule has 4 heterocycles. The summed E-state index contributed by atoms with van der Waals surface area (Å²) >= 11 is 0. The summed E-state index contributed by atoms with van der Waals surface area (Å²) in [4.78, 5) is 39.2. The van der Waals surface area contributed by atoms with E-state index in [0.29, 0.717) is 49.2 Å². The standard InChI is InChI=1S/C35H44N6O4/c1-3-45-34(42)29-26(2)36-33-31(30(29)28-12-8-5-9-13-28)32(37-35(43)41(33)21-18-39-22-24-44-25-23-39)40-19-16-38(17-20-40)15-14-27-10-6-4-7-11-27/h4-13,30,36H,3,14-25H2,1-2H3. The summed E-state index contributed by atoms with van der Waals surface area (Å²) in [5.74, 6) is 0.570. The maximum atomic E-state index is 13.8. The molecule has 3 aliphatic heterocycles. The van der Waals surface area contributed by atoms with Crippen molar-refractivity contribution in [3.63, 3.8) is 0 Å². The topological polar surface area (TPSA) is 92.2 Å². The number of hydrogen-bond donors (Lipinski definition) is 1. The fraction of sp³-hybridized carbons (Fsp3) is 0.457. The summed E-state index contributed by atoms with van der Waals surface area (Å²) in [6, 6.07) is 20.6. The maximum absolute atomic E-state index is 13.8. The third-order valence-electron chi connectivity index (χ3n) is 9.09. The van der Waals surface area contributed by atoms with Crippen molar-refractivity contribution < 1.29 is 14.3 Å². The molecule has 45 heavy (non-hydrogen) atoms. The zero-order chi connectivity index (χ0) is 31.2. The molecular formula is C35H44N6O4. The lowest BCUT2D eigenvalue weighted by atomic mass is 9.81. The largest absolute Gasteiger partial charge is 0.463 e. The first-order chi connectivity index (χ1) is 22.0. The number of nitrogens with zero attached hydrogens (tertiary/aromatic N) is 5. The molecule has 0 aliphatic carbocycles. The Morgan fingerprint density at radius 1 is 0.911 bits per heavy atom. The zero-order valence-corrected chi connectivity index (χ0v) is 26.4. The number of anilines is 2. The fourth-order valence-electron chi connectivity index (χ4n) is 6.65. The van der Waals surface area contributed by atoms with Crippen molar-refractivity contribution in [2.75, 3.05) is 82.4 Å². The second-order valence-corrected chi connectivity index (χ2v) is 11.9. The molecule has 2 fully saturated rings. The van der Waals surface area contributed by atoms with E-state index in [1.165, 1.54) is 5.56 Å². The van der Waals surface area contributed by atoms with Gasteiger partial charge in [-0.3, -0.25) is 14.4 Å². The molecule has 2 aromatic carbocycles. The molecule has 0 spiro atoms. The lowest BCUT2D eigenvalue weighted by Gasteiger charge is -2.39. The fourth-order valence-corrected chi connectivity index (χ4v) is 6.65. The maximum Gasteiger partial charge on any atom is 0.351 e. The van der Waals surface area contributed by atoms with Crippen LogP contribution in [0.25, 0.3) is 0 Å². The van der Waals surface area contributed by atoms with Gasteiger partial charge in [0.15, 0.2) is 0 Å². The van der Waals surface area contributed by atoms with Gasteiger partial charge in [-0.05, 0) is 31.4 Å². The van der Waals surface area contributed by atoms with Crippen molar-refractivity contribution >= 4 is 17.6 Å². The Morgan fingerprint density at radius 2 is 1.58 bits per heavy atom. The summed E-state index contributed by atoms with van der Waals surface area (Å²) in [6.45, 7) is 12.5. The van der Waals surface area contributed by atoms with Gasteiger partial charge in [0.2, 0.25) is 0 Å². The predicted molar refractivity (Wildman–Crippen MR) is 176 cm³/mol. The summed E-state index contributed by atoms with van der Waals surface area (Å²) in [7, 11) is 0. The third kappa shape index (κ3) is 6.98. The molecule has 10 heteroatoms. The van der Waals surface area contributed by atoms with Crippen LogP contribution in [0.2, 0.25) is 0 Å². The van der Waals surface area contributed by atoms with E-state index in [1.54, 1.807) is 4.57 Å². The number of rotatable bonds is 10. The number of carbonyl (C=O) groups excluding carboxylic acids is 1. The first-order valence-corrected chi connectivity index (χ1v) is 16.2. The highest BCUT2D eigenvalue weighted by Gasteiger charge is 2.39. The summed E-state index contributed by atoms with van der Waals surface area (Å²) < 4.78 is 12.9. The highest BCUT2D eigenvalue weighted by molar-refractivity contribution is 5.95. The first-order valence-electron chi connectivity index (χ1n) is 16.2. The van der Waals surface area contributed by atoms with Gasteiger partial charge >= 0.3 is 11.7 Å². The number of benzene rings is 2. The zero-order valence-electron chi connectivity index (χ0n) is 26.4. The van der Waals surface area contributed by atoms with Crippen LogP contribution in [0.3, 0.4) is 0 Å². The number of carbonyl (C=O) groups is 1. The molecule has 0 amide bonds. The number of hydrogen-bond acceptors (Lipinski definition) is 9. The molecule has 6 rings (SSSR count). The van der Waals surface area contributed by atoms with Crippen LogP contribution >= 0.6 is 0 Å². The molecule has 0 bridgehead atoms. The number of aromatic nitrogens is 2. The number of piperazine rings is 1. The van der Waals surface area contributed by atoms with E-state index in [2.05, 4.69) is 44.3 Å². The molecule has 10 nitrogen and oxygen atoms in total. The van der Waals surface area contributed by atoms with Gasteiger partial charge in [-0.25, -0.2) is 9.59 Å². The van der Waals surface area contributed by atoms with Gasteiger partial charge < -0.3 is 19.7 Å². The Balaban J connectivity index is 1.36. The summed E-state index contributed by atoms with van der Waals surface area (Å²) in [6.07, 6.45) is 1.00. The van der Waals surface area contributed by atoms with Crippen LogP contribution in [-0.2, 0) is 27.2 Å². The summed E-state index contributed by atoms with van der Waals surface area (Å²) in [5.41, 5.74) is 4.12. The van der Waals surface area contributed by atoms with Crippen molar-refractivity contribution in [3.05, 3.63) is 99.1 Å². The van der Waals surface area contributed by atoms with Crippen molar-refractivity contribution in [3.8, 4) is 0 Å². The highest BCUT2D eigenvalue weighted by Crippen LogP contribution is 2.45. The van der Waals surface area contributed by atoms with E-state index < -0.39 is 5.92 Å². The van der Waals surface area contributed by atoms with E-state index in [1.807, 2.05) is 50.2 Å². The second-order valence-electron chi connectivity index (χ2n) is 11.9. The quantitative estimate of drug-likeness (QED) is 0.346. The smallest absolute Gasteiger partial charge is 0.351 e. The lowest BCUT2D eigenvalue weighted by molar-refractivity contribution is -0.138. The lowest BCUT2D eigenvalue weighted by Crippen LogP contribution is -2.49. The number of allylic oxidation sites excluding steroid dienone is 1. The molecule has 1 unspecified atom stereocenters. The van der Waals surface area contributed by atoms with Gasteiger partial charge in [0.25, 0.3) is 0 Å². The molecule has 2 saturated heterocycles. The van der Waals surface area contributed by atoms with Gasteiger partial charge in [0.1, 0.15) is 11.6 Å². The van der Waals surface area contributed by atoms with Gasteiger partial charge in [0.05, 0.1) is 31.3 Å². The van der Waals surface area contributed by atoms with E-state index in [-0.39, 0.29) is 18.3 Å². The van der Waals surface area contributed by atoms with E-state index in [9.17, 15) is 9.59 Å². The Bertz CT molecular complexity index is 1540. The summed E-state index contributed by atoms with van der Waals surface area (Å²) in [5, 5.41) is 3.49. The van der Waals surface area contributed by atoms with Gasteiger partial charge in [0, 0.05) is 70.2 Å². The number of fused-ring (bicyclic) bond motifs is 1. The minimum Gasteiger partial charge on any atom is -0.463 e. The van der Waals surface area contributed by atoms with Crippen molar-refractivity contribution in [1.29, 1.82) is 0 Å². The third-order valence-corrected chi connectivity index (χ3v) is 9.09. The number of esters is 1. The van der Waals surface area contributed by atoms with Crippen LogP contribution in [-0.4, -0.2) is 97.5 Å². The average molecular weight is 613 g/mol. The molecule has 238 valence electrons. The molecule has 1 N–H and O–H groups in total. The Kier molecular flexibility index (Phi) is 9.93. The second kappa shape index (κ2) is 14.4. The van der Waals surface area contributed by atoms with Crippen molar-refractivity contribution in [2.45, 2.75) is 32.7 Å². The highest BCUT2D eigenvalue weighted by atomic mass is 16.5. The van der Waals surface area contributed by atoms with Gasteiger partial charge in [-0.2, -0.15) is 4.98 Å². The molecule has 0 radical (unpaired) electrons. The molecular weight excluding hydrogens is 568 g/mol. The molecule has 3 aliphatic rings. The SMILES string of the molecule is CCOC(=O)C1=C(C)Nc2c(c(N3CCN(CCc4ccccc4)CC3)nc(=O)n2CCN2CCOCC2)C1c1ccccc1. The van der Waals surface area contributed by atoms with Crippen LogP contribution in [0.4, 0.5) is 11.6 Å².